The van der Waals surface area contributed by atoms with E-state index in [-0.39, 0.29) is 11.7 Å². The van der Waals surface area contributed by atoms with Crippen molar-refractivity contribution < 1.29 is 9.18 Å². The number of carbonyl (C=O) groups excluding carboxylic acids is 1. The summed E-state index contributed by atoms with van der Waals surface area (Å²) in [4.78, 5) is 14.5. The second-order valence-electron chi connectivity index (χ2n) is 6.29. The van der Waals surface area contributed by atoms with Gasteiger partial charge in [0.15, 0.2) is 4.34 Å². The third-order valence-corrected chi connectivity index (χ3v) is 6.50. The van der Waals surface area contributed by atoms with Gasteiger partial charge in [-0.15, -0.1) is 10.2 Å². The zero-order chi connectivity index (χ0) is 18.4. The number of amides is 1. The second kappa shape index (κ2) is 9.32. The molecule has 1 aliphatic rings. The van der Waals surface area contributed by atoms with Crippen LogP contribution in [-0.2, 0) is 11.3 Å². The van der Waals surface area contributed by atoms with Crippen LogP contribution in [0, 0.1) is 5.82 Å². The predicted molar refractivity (Wildman–Crippen MR) is 104 cm³/mol. The Morgan fingerprint density at radius 1 is 1.35 bits per heavy atom. The van der Waals surface area contributed by atoms with Gasteiger partial charge >= 0.3 is 0 Å². The van der Waals surface area contributed by atoms with Crippen molar-refractivity contribution in [2.24, 2.45) is 0 Å². The third-order valence-electron chi connectivity index (χ3n) is 4.50. The summed E-state index contributed by atoms with van der Waals surface area (Å²) in [6.45, 7) is 3.58. The first kappa shape index (κ1) is 19.1. The SMILES string of the molecule is CC[C@@H]1CCCCN1C(=O)CSc1nnc(NCc2ccc(F)cc2)s1. The first-order valence-electron chi connectivity index (χ1n) is 8.90. The quantitative estimate of drug-likeness (QED) is 0.714. The molecule has 1 aromatic carbocycles. The number of aromatic nitrogens is 2. The lowest BCUT2D eigenvalue weighted by molar-refractivity contribution is -0.132. The summed E-state index contributed by atoms with van der Waals surface area (Å²) in [5.41, 5.74) is 0.974. The average molecular weight is 395 g/mol. The summed E-state index contributed by atoms with van der Waals surface area (Å²) in [6, 6.07) is 6.74. The molecule has 1 aliphatic heterocycles. The minimum atomic E-state index is -0.243. The van der Waals surface area contributed by atoms with Crippen molar-refractivity contribution >= 4 is 34.1 Å². The molecule has 0 aliphatic carbocycles. The number of benzene rings is 1. The maximum Gasteiger partial charge on any atom is 0.233 e. The highest BCUT2D eigenvalue weighted by Crippen LogP contribution is 2.27. The summed E-state index contributed by atoms with van der Waals surface area (Å²) in [7, 11) is 0. The van der Waals surface area contributed by atoms with E-state index in [4.69, 9.17) is 0 Å². The molecule has 0 bridgehead atoms. The number of piperidine rings is 1. The second-order valence-corrected chi connectivity index (χ2v) is 8.49. The van der Waals surface area contributed by atoms with E-state index in [9.17, 15) is 9.18 Å². The number of hydrogen-bond acceptors (Lipinski definition) is 6. The molecule has 1 saturated heterocycles. The number of likely N-dealkylation sites (tertiary alicyclic amines) is 1. The van der Waals surface area contributed by atoms with Gasteiger partial charge < -0.3 is 10.2 Å². The zero-order valence-electron chi connectivity index (χ0n) is 14.8. The van der Waals surface area contributed by atoms with E-state index in [2.05, 4.69) is 22.4 Å². The third kappa shape index (κ3) is 5.17. The van der Waals surface area contributed by atoms with Crippen LogP contribution >= 0.6 is 23.1 Å². The van der Waals surface area contributed by atoms with E-state index in [1.165, 1.54) is 41.7 Å². The van der Waals surface area contributed by atoms with Crippen LogP contribution in [0.15, 0.2) is 28.6 Å². The van der Waals surface area contributed by atoms with E-state index < -0.39 is 0 Å². The van der Waals surface area contributed by atoms with Gasteiger partial charge in [0.1, 0.15) is 5.82 Å². The van der Waals surface area contributed by atoms with Crippen molar-refractivity contribution in [1.29, 1.82) is 0 Å². The normalized spacial score (nSPS) is 17.3. The maximum atomic E-state index is 12.9. The summed E-state index contributed by atoms with van der Waals surface area (Å²) in [5, 5.41) is 12.1. The number of anilines is 1. The Morgan fingerprint density at radius 3 is 2.92 bits per heavy atom. The van der Waals surface area contributed by atoms with Gasteiger partial charge in [-0.1, -0.05) is 42.2 Å². The smallest absolute Gasteiger partial charge is 0.233 e. The number of nitrogens with zero attached hydrogens (tertiary/aromatic N) is 3. The Hall–Kier alpha value is -1.67. The molecule has 3 rings (SSSR count). The van der Waals surface area contributed by atoms with Crippen molar-refractivity contribution in [3.05, 3.63) is 35.6 Å². The van der Waals surface area contributed by atoms with Gasteiger partial charge in [-0.25, -0.2) is 4.39 Å². The summed E-state index contributed by atoms with van der Waals surface area (Å²) >= 11 is 2.88. The molecule has 2 aromatic rings. The van der Waals surface area contributed by atoms with Crippen LogP contribution in [0.25, 0.3) is 0 Å². The summed E-state index contributed by atoms with van der Waals surface area (Å²) in [5.74, 6) is 0.355. The van der Waals surface area contributed by atoms with Crippen LogP contribution in [0.5, 0.6) is 0 Å². The molecule has 1 N–H and O–H groups in total. The first-order valence-corrected chi connectivity index (χ1v) is 10.7. The largest absolute Gasteiger partial charge is 0.356 e. The lowest BCUT2D eigenvalue weighted by Crippen LogP contribution is -2.44. The number of thioether (sulfide) groups is 1. The van der Waals surface area contributed by atoms with E-state index >= 15 is 0 Å². The van der Waals surface area contributed by atoms with Gasteiger partial charge in [0.05, 0.1) is 5.75 Å². The number of rotatable bonds is 7. The molecular weight excluding hydrogens is 371 g/mol. The molecule has 1 amide bonds. The fraction of sp³-hybridized carbons (Fsp3) is 0.500. The number of halogens is 1. The molecule has 26 heavy (non-hydrogen) atoms. The Morgan fingerprint density at radius 2 is 2.15 bits per heavy atom. The van der Waals surface area contributed by atoms with E-state index in [1.54, 1.807) is 12.1 Å². The molecule has 0 unspecified atom stereocenters. The molecular formula is C18H23FN4OS2. The van der Waals surface area contributed by atoms with Gasteiger partial charge in [0.25, 0.3) is 0 Å². The molecule has 8 heteroatoms. The van der Waals surface area contributed by atoms with Crippen molar-refractivity contribution in [3.8, 4) is 0 Å². The Labute approximate surface area is 161 Å². The van der Waals surface area contributed by atoms with E-state index in [0.717, 1.165) is 35.7 Å². The number of hydrogen-bond donors (Lipinski definition) is 1. The molecule has 1 atom stereocenters. The molecule has 0 radical (unpaired) electrons. The molecule has 0 saturated carbocycles. The highest BCUT2D eigenvalue weighted by atomic mass is 32.2. The zero-order valence-corrected chi connectivity index (χ0v) is 16.4. The van der Waals surface area contributed by atoms with Crippen molar-refractivity contribution in [2.75, 3.05) is 17.6 Å². The molecule has 1 aromatic heterocycles. The Bertz CT molecular complexity index is 722. The minimum absolute atomic E-state index is 0.192. The standard InChI is InChI=1S/C18H23FN4OS2/c1-2-15-5-3-4-10-23(15)16(24)12-25-18-22-21-17(26-18)20-11-13-6-8-14(19)9-7-13/h6-9,15H,2-5,10-12H2,1H3,(H,20,21)/t15-/m1/s1. The van der Waals surface area contributed by atoms with Gasteiger partial charge in [-0.3, -0.25) is 4.79 Å². The number of carbonyl (C=O) groups is 1. The summed E-state index contributed by atoms with van der Waals surface area (Å²) in [6.07, 6.45) is 4.45. The molecule has 140 valence electrons. The van der Waals surface area contributed by atoms with Crippen molar-refractivity contribution in [1.82, 2.24) is 15.1 Å². The lowest BCUT2D eigenvalue weighted by atomic mass is 10.0. The van der Waals surface area contributed by atoms with Crippen LogP contribution in [0.4, 0.5) is 9.52 Å². The van der Waals surface area contributed by atoms with Gasteiger partial charge in [0, 0.05) is 19.1 Å². The molecule has 5 nitrogen and oxygen atoms in total. The maximum absolute atomic E-state index is 12.9. The first-order chi connectivity index (χ1) is 12.7. The number of nitrogens with one attached hydrogen (secondary N) is 1. The highest BCUT2D eigenvalue weighted by molar-refractivity contribution is 8.01. The van der Waals surface area contributed by atoms with Crippen LogP contribution in [0.2, 0.25) is 0 Å². The van der Waals surface area contributed by atoms with Crippen LogP contribution in [0.1, 0.15) is 38.2 Å². The van der Waals surface area contributed by atoms with Gasteiger partial charge in [0.2, 0.25) is 11.0 Å². The molecule has 1 fully saturated rings. The molecule has 0 spiro atoms. The highest BCUT2D eigenvalue weighted by Gasteiger charge is 2.25. The average Bonchev–Trinajstić information content (AvgIpc) is 3.13. The topological polar surface area (TPSA) is 58.1 Å². The fourth-order valence-electron chi connectivity index (χ4n) is 3.08. The van der Waals surface area contributed by atoms with E-state index in [1.807, 2.05) is 4.90 Å². The van der Waals surface area contributed by atoms with Crippen LogP contribution in [0.3, 0.4) is 0 Å². The molecule has 2 heterocycles. The fourth-order valence-corrected chi connectivity index (χ4v) is 4.71. The predicted octanol–water partition coefficient (Wildman–Crippen LogP) is 4.17. The van der Waals surface area contributed by atoms with Crippen LogP contribution in [-0.4, -0.2) is 39.3 Å². The van der Waals surface area contributed by atoms with Gasteiger partial charge in [-0.05, 0) is 43.4 Å². The van der Waals surface area contributed by atoms with E-state index in [0.29, 0.717) is 23.5 Å². The Balaban J connectivity index is 1.47. The van der Waals surface area contributed by atoms with Crippen LogP contribution < -0.4 is 5.32 Å². The monoisotopic (exact) mass is 394 g/mol. The minimum Gasteiger partial charge on any atom is -0.356 e. The van der Waals surface area contributed by atoms with Gasteiger partial charge in [-0.2, -0.15) is 0 Å². The Kier molecular flexibility index (Phi) is 6.85. The lowest BCUT2D eigenvalue weighted by Gasteiger charge is -2.35. The van der Waals surface area contributed by atoms with Crippen molar-refractivity contribution in [3.63, 3.8) is 0 Å². The summed E-state index contributed by atoms with van der Waals surface area (Å²) < 4.78 is 13.7. The van der Waals surface area contributed by atoms with Crippen molar-refractivity contribution in [2.45, 2.75) is 49.5 Å².